The maximum atomic E-state index is 14.2. The van der Waals surface area contributed by atoms with Crippen molar-refractivity contribution in [3.05, 3.63) is 251 Å². The van der Waals surface area contributed by atoms with E-state index in [-0.39, 0.29) is 91.9 Å². The number of aromatic nitrogens is 4. The van der Waals surface area contributed by atoms with Crippen LogP contribution < -0.4 is 35.6 Å². The molecule has 0 aliphatic carbocycles. The van der Waals surface area contributed by atoms with Crippen LogP contribution in [0.5, 0.6) is 11.5 Å². The van der Waals surface area contributed by atoms with E-state index >= 15 is 0 Å². The Morgan fingerprint density at radius 3 is 1.54 bits per heavy atom. The van der Waals surface area contributed by atoms with Gasteiger partial charge >= 0.3 is 6.09 Å². The number of hydrogen-bond donors (Lipinski definition) is 4. The van der Waals surface area contributed by atoms with E-state index in [1.54, 1.807) is 69.0 Å². The van der Waals surface area contributed by atoms with E-state index in [2.05, 4.69) is 32.8 Å². The van der Waals surface area contributed by atoms with E-state index < -0.39 is 24.7 Å². The molecular formula is C95H102N12O14. The van der Waals surface area contributed by atoms with Crippen LogP contribution in [0.2, 0.25) is 0 Å². The molecule has 10 aromatic rings. The predicted molar refractivity (Wildman–Crippen MR) is 464 cm³/mol. The van der Waals surface area contributed by atoms with Gasteiger partial charge in [-0.2, -0.15) is 0 Å². The number of nitrogens with one attached hydrogen (secondary N) is 4. The standard InChI is InChI=1S/C52H58N6O9.C43H44N6O5/c1-5-24-66-52(63)58-42-31-46(34(2)27-40(42)50(62)57-23-11-9-16-41(57)51(58)67-48-18-10-12-25-65-48)64-26-13-17-47(60)53-39-30-43(56(4)33-39)45(59)28-35-19-21-36(22-20-35)37-29-44(55(3)32-37)49(61)54-38-14-7-6-8-15-38;1-28-20-35-36(44-25-34-12-7-8-18-49(34)43(35)53)24-40(28)54-19-9-13-41(51)45-33-23-37(48(3)27-33)39(50)21-29-14-16-30(17-15-29)31-22-38(47(2)26-31)42(52)46-32-10-5-4-6-11-32/h5-8,14-15,19-22,27,29-33,41,48,51H,1,9-13,16-18,23-26,28H2,2-4H3,(H,53,60)(H,54,61);4-6,10-11,14-17,20,22-27,34H,7-9,12-13,18-19,21H2,1-3H3,(H,45,51)(H,46,52)/t41-,48?,51?;34-/m00/s1. The van der Waals surface area contributed by atoms with Gasteiger partial charge in [-0.05, 0) is 179 Å². The minimum Gasteiger partial charge on any atom is -0.493 e. The largest absolute Gasteiger partial charge is 0.493 e. The fourth-order valence-corrected chi connectivity index (χ4v) is 16.1. The van der Waals surface area contributed by atoms with Crippen molar-refractivity contribution in [2.24, 2.45) is 33.2 Å². The third kappa shape index (κ3) is 20.4. The van der Waals surface area contributed by atoms with Crippen molar-refractivity contribution < 1.29 is 66.8 Å². The summed E-state index contributed by atoms with van der Waals surface area (Å²) in [7, 11) is 7.22. The number of piperidine rings is 2. The number of amides is 7. The first kappa shape index (κ1) is 84.3. The van der Waals surface area contributed by atoms with E-state index in [1.807, 2.05) is 190 Å². The molecule has 4 N–H and O–H groups in total. The van der Waals surface area contributed by atoms with E-state index in [4.69, 9.17) is 23.7 Å². The molecule has 5 aliphatic heterocycles. The van der Waals surface area contributed by atoms with Crippen molar-refractivity contribution in [1.29, 1.82) is 0 Å². The van der Waals surface area contributed by atoms with E-state index in [0.717, 1.165) is 102 Å². The second-order valence-electron chi connectivity index (χ2n) is 31.4. The number of carbonyl (C=O) groups is 9. The number of fused-ring (bicyclic) bond motifs is 4. The Balaban J connectivity index is 0.000000202. The summed E-state index contributed by atoms with van der Waals surface area (Å²) in [5.41, 5.74) is 13.3. The van der Waals surface area contributed by atoms with Crippen LogP contribution in [0, 0.1) is 13.8 Å². The third-order valence-electron chi connectivity index (χ3n) is 22.4. The second kappa shape index (κ2) is 38.7. The van der Waals surface area contributed by atoms with Gasteiger partial charge in [-0.1, -0.05) is 97.6 Å². The van der Waals surface area contributed by atoms with Crippen LogP contribution in [-0.2, 0) is 64.8 Å². The Kier molecular flexibility index (Phi) is 26.9. The molecule has 0 saturated carbocycles. The minimum absolute atomic E-state index is 0.0180. The summed E-state index contributed by atoms with van der Waals surface area (Å²) in [4.78, 5) is 130. The second-order valence-corrected chi connectivity index (χ2v) is 31.4. The molecule has 0 radical (unpaired) electrons. The fraction of sp³-hybridized carbons (Fsp3) is 0.326. The van der Waals surface area contributed by atoms with Crippen molar-refractivity contribution in [3.63, 3.8) is 0 Å². The zero-order valence-electron chi connectivity index (χ0n) is 69.1. The summed E-state index contributed by atoms with van der Waals surface area (Å²) < 4.78 is 37.5. The average Bonchev–Trinajstić information content (AvgIpc) is 1.58. The van der Waals surface area contributed by atoms with E-state index in [9.17, 15) is 43.2 Å². The molecule has 26 heteroatoms. The molecule has 26 nitrogen and oxygen atoms in total. The molecule has 3 fully saturated rings. The summed E-state index contributed by atoms with van der Waals surface area (Å²) in [6, 6.07) is 47.9. The molecule has 3 saturated heterocycles. The number of nitrogens with zero attached hydrogens (tertiary/aromatic N) is 8. The third-order valence-corrected chi connectivity index (χ3v) is 22.4. The van der Waals surface area contributed by atoms with Gasteiger partial charge in [0.2, 0.25) is 11.8 Å². The molecule has 2 unspecified atom stereocenters. The molecule has 6 aromatic carbocycles. The Morgan fingerprint density at radius 2 is 1.01 bits per heavy atom. The molecular weight excluding hydrogens is 1530 g/mol. The molecule has 4 atom stereocenters. The maximum absolute atomic E-state index is 14.2. The number of hydrogen-bond acceptors (Lipinski definition) is 15. The zero-order valence-corrected chi connectivity index (χ0v) is 69.1. The summed E-state index contributed by atoms with van der Waals surface area (Å²) in [6.07, 6.45) is 18.1. The van der Waals surface area contributed by atoms with Crippen LogP contribution in [0.25, 0.3) is 22.3 Å². The Bertz CT molecular complexity index is 5520. The van der Waals surface area contributed by atoms with Gasteiger partial charge < -0.3 is 73.0 Å². The molecule has 15 rings (SSSR count). The molecule has 0 spiro atoms. The number of ether oxygens (including phenoxy) is 5. The van der Waals surface area contributed by atoms with Crippen LogP contribution in [0.4, 0.5) is 38.9 Å². The van der Waals surface area contributed by atoms with Crippen molar-refractivity contribution in [1.82, 2.24) is 28.1 Å². The van der Waals surface area contributed by atoms with Crippen LogP contribution in [0.1, 0.15) is 168 Å². The highest BCUT2D eigenvalue weighted by Gasteiger charge is 2.47. The van der Waals surface area contributed by atoms with E-state index in [0.29, 0.717) is 119 Å². The molecule has 4 aromatic heterocycles. The smallest absolute Gasteiger partial charge is 0.416 e. The summed E-state index contributed by atoms with van der Waals surface area (Å²) in [6.45, 7) is 9.78. The normalized spacial score (nSPS) is 16.6. The Labute approximate surface area is 703 Å². The predicted octanol–water partition coefficient (Wildman–Crippen LogP) is 16.3. The average molecular weight is 1640 g/mol. The molecule has 7 amide bonds. The SMILES string of the molecule is C=CCOC(=O)N1c2cc(OCCCC(=O)Nc3cc(C(=O)Cc4ccc(-c5cc(C(=O)Nc6ccccc6)n(C)c5)cc4)n(C)c3)c(C)cc2C(=O)N2CCCC[C@H]2C1OC1CCCCO1.Cc1cc2c(cc1OCCCC(=O)Nc1cc(C(=O)Cc3ccc(-c4cc(C(=O)Nc5ccccc5)n(C)c4)cc3)n(C)c1)N=C[C@@H]1CCCCN1C2=O. The Morgan fingerprint density at radius 1 is 0.512 bits per heavy atom. The molecule has 121 heavy (non-hydrogen) atoms. The first-order valence-corrected chi connectivity index (χ1v) is 41.4. The van der Waals surface area contributed by atoms with Crippen LogP contribution in [-0.4, -0.2) is 152 Å². The zero-order chi connectivity index (χ0) is 84.8. The van der Waals surface area contributed by atoms with Gasteiger partial charge in [0.1, 0.15) is 29.5 Å². The van der Waals surface area contributed by atoms with Gasteiger partial charge in [0.15, 0.2) is 24.1 Å². The number of ketones is 2. The number of Topliss-reactive ketones (excluding diaryl/α,β-unsaturated/α-hetero) is 2. The van der Waals surface area contributed by atoms with Crippen LogP contribution >= 0.6 is 0 Å². The number of benzene rings is 6. The molecule has 5 aliphatic rings. The lowest BCUT2D eigenvalue weighted by atomic mass is 10.00. The van der Waals surface area contributed by atoms with Crippen molar-refractivity contribution >= 4 is 93.4 Å². The number of aliphatic imine (C=N–C) groups is 1. The monoisotopic (exact) mass is 1630 g/mol. The number of anilines is 5. The quantitative estimate of drug-likeness (QED) is 0.0201. The highest BCUT2D eigenvalue weighted by molar-refractivity contribution is 6.08. The van der Waals surface area contributed by atoms with Gasteiger partial charge in [-0.25, -0.2) is 9.69 Å². The number of rotatable bonds is 28. The maximum Gasteiger partial charge on any atom is 0.416 e. The highest BCUT2D eigenvalue weighted by atomic mass is 16.7. The first-order chi connectivity index (χ1) is 58.6. The lowest BCUT2D eigenvalue weighted by molar-refractivity contribution is -0.198. The van der Waals surface area contributed by atoms with Gasteiger partial charge in [0.25, 0.3) is 23.6 Å². The number of para-hydroxylation sites is 2. The summed E-state index contributed by atoms with van der Waals surface area (Å²) >= 11 is 0. The molecule has 9 heterocycles. The van der Waals surface area contributed by atoms with Crippen molar-refractivity contribution in [3.8, 4) is 33.8 Å². The Hall–Kier alpha value is -13.2. The van der Waals surface area contributed by atoms with Crippen molar-refractivity contribution in [2.75, 3.05) is 65.7 Å². The highest BCUT2D eigenvalue weighted by Crippen LogP contribution is 2.41. The molecule has 626 valence electrons. The van der Waals surface area contributed by atoms with Gasteiger partial charge in [-0.15, -0.1) is 0 Å². The van der Waals surface area contributed by atoms with Crippen LogP contribution in [0.3, 0.4) is 0 Å². The number of aryl methyl sites for hydroxylation is 6. The number of carbonyl (C=O) groups excluding carboxylic acids is 9. The van der Waals surface area contributed by atoms with Gasteiger partial charge in [0.05, 0.1) is 70.6 Å². The first-order valence-electron chi connectivity index (χ1n) is 41.4. The topological polar surface area (TPSA) is 290 Å². The summed E-state index contributed by atoms with van der Waals surface area (Å²) in [5.74, 6) is -0.0553. The van der Waals surface area contributed by atoms with Crippen molar-refractivity contribution in [2.45, 2.75) is 135 Å². The van der Waals surface area contributed by atoms with E-state index in [1.165, 1.54) is 11.0 Å². The van der Waals surface area contributed by atoms with Gasteiger partial charge in [0, 0.05) is 139 Å². The lowest BCUT2D eigenvalue weighted by Crippen LogP contribution is -2.57. The minimum atomic E-state index is -0.858. The molecule has 0 bridgehead atoms. The fourth-order valence-electron chi connectivity index (χ4n) is 16.1. The van der Waals surface area contributed by atoms with Gasteiger partial charge in [-0.3, -0.25) is 43.3 Å². The summed E-state index contributed by atoms with van der Waals surface area (Å²) in [5, 5.41) is 11.7. The van der Waals surface area contributed by atoms with Crippen LogP contribution in [0.15, 0.2) is 200 Å². The lowest BCUT2D eigenvalue weighted by Gasteiger charge is -2.42.